The molecule has 1 aromatic rings. The van der Waals surface area contributed by atoms with Crippen LogP contribution in [0.4, 0.5) is 0 Å². The number of rotatable bonds is 1. The maximum absolute atomic E-state index is 9.18. The van der Waals surface area contributed by atoms with Crippen molar-refractivity contribution in [3.8, 4) is 6.07 Å². The molecule has 0 saturated carbocycles. The fourth-order valence-corrected chi connectivity index (χ4v) is 1.44. The zero-order valence-corrected chi connectivity index (χ0v) is 8.30. The van der Waals surface area contributed by atoms with Crippen molar-refractivity contribution in [1.29, 1.82) is 5.26 Å². The number of aliphatic hydroxyl groups is 1. The minimum atomic E-state index is -1.13. The van der Waals surface area contributed by atoms with Gasteiger partial charge in [-0.15, -0.1) is 0 Å². The molecule has 1 aromatic carbocycles. The molecule has 2 nitrogen and oxygen atoms in total. The molecule has 0 heterocycles. The predicted octanol–water partition coefficient (Wildman–Crippen LogP) is 2.66. The maximum Gasteiger partial charge on any atom is 0.167 e. The smallest absolute Gasteiger partial charge is 0.167 e. The Morgan fingerprint density at radius 2 is 2.25 bits per heavy atom. The highest BCUT2D eigenvalue weighted by Gasteiger charge is 2.09. The van der Waals surface area contributed by atoms with Gasteiger partial charge in [-0.05, 0) is 18.2 Å². The van der Waals surface area contributed by atoms with Crippen molar-refractivity contribution in [1.82, 2.24) is 0 Å². The van der Waals surface area contributed by atoms with Gasteiger partial charge in [-0.3, -0.25) is 0 Å². The molecule has 0 amide bonds. The number of aliphatic hydroxyl groups excluding tert-OH is 1. The van der Waals surface area contributed by atoms with Crippen molar-refractivity contribution < 1.29 is 5.11 Å². The first-order valence-electron chi connectivity index (χ1n) is 3.18. The van der Waals surface area contributed by atoms with Crippen LogP contribution in [0, 0.1) is 11.3 Å². The van der Waals surface area contributed by atoms with Crippen LogP contribution in [-0.2, 0) is 0 Å². The van der Waals surface area contributed by atoms with E-state index in [1.807, 2.05) is 0 Å². The lowest BCUT2D eigenvalue weighted by atomic mass is 10.1. The van der Waals surface area contributed by atoms with Gasteiger partial charge in [-0.1, -0.05) is 27.5 Å². The van der Waals surface area contributed by atoms with Crippen molar-refractivity contribution in [2.45, 2.75) is 6.10 Å². The second kappa shape index (κ2) is 3.90. The van der Waals surface area contributed by atoms with Crippen LogP contribution in [0.1, 0.15) is 11.7 Å². The topological polar surface area (TPSA) is 44.0 Å². The lowest BCUT2D eigenvalue weighted by Gasteiger charge is -2.04. The van der Waals surface area contributed by atoms with Gasteiger partial charge in [0.05, 0.1) is 6.07 Å². The first-order valence-corrected chi connectivity index (χ1v) is 4.35. The van der Waals surface area contributed by atoms with E-state index in [2.05, 4.69) is 15.9 Å². The molecule has 0 bridgehead atoms. The number of hydrogen-bond acceptors (Lipinski definition) is 2. The zero-order valence-electron chi connectivity index (χ0n) is 5.96. The fraction of sp³-hybridized carbons (Fsp3) is 0.125. The van der Waals surface area contributed by atoms with Crippen LogP contribution in [0.5, 0.6) is 0 Å². The first-order chi connectivity index (χ1) is 5.65. The zero-order chi connectivity index (χ0) is 9.14. The second-order valence-electron chi connectivity index (χ2n) is 2.20. The van der Waals surface area contributed by atoms with Gasteiger partial charge in [0.15, 0.2) is 6.10 Å². The molecule has 1 unspecified atom stereocenters. The maximum atomic E-state index is 9.18. The molecule has 0 fully saturated rings. The Balaban J connectivity index is 3.15. The van der Waals surface area contributed by atoms with Crippen LogP contribution in [-0.4, -0.2) is 5.11 Å². The summed E-state index contributed by atoms with van der Waals surface area (Å²) >= 11 is 8.88. The molecule has 0 saturated heterocycles. The Hall–Kier alpha value is -0.560. The summed E-state index contributed by atoms with van der Waals surface area (Å²) in [6.07, 6.45) is -1.13. The summed E-state index contributed by atoms with van der Waals surface area (Å²) in [5.74, 6) is 0. The van der Waals surface area contributed by atoms with Gasteiger partial charge in [0.25, 0.3) is 0 Å². The van der Waals surface area contributed by atoms with E-state index in [0.29, 0.717) is 15.1 Å². The molecule has 12 heavy (non-hydrogen) atoms. The highest BCUT2D eigenvalue weighted by molar-refractivity contribution is 9.10. The van der Waals surface area contributed by atoms with Gasteiger partial charge in [-0.2, -0.15) is 5.26 Å². The van der Waals surface area contributed by atoms with Gasteiger partial charge >= 0.3 is 0 Å². The Labute approximate surface area is 83.5 Å². The summed E-state index contributed by atoms with van der Waals surface area (Å²) < 4.78 is 0.681. The van der Waals surface area contributed by atoms with Crippen LogP contribution in [0.25, 0.3) is 0 Å². The average molecular weight is 246 g/mol. The molecule has 0 aliphatic carbocycles. The summed E-state index contributed by atoms with van der Waals surface area (Å²) in [6, 6.07) is 6.64. The largest absolute Gasteiger partial charge is 0.374 e. The Kier molecular flexibility index (Phi) is 3.10. The third kappa shape index (κ3) is 1.98. The standard InChI is InChI=1S/C8H5BrClNO/c9-7-2-1-5(10)3-6(7)8(12)4-11/h1-3,8,12H. The third-order valence-corrected chi connectivity index (χ3v) is 2.33. The van der Waals surface area contributed by atoms with Gasteiger partial charge < -0.3 is 5.11 Å². The lowest BCUT2D eigenvalue weighted by Crippen LogP contribution is -1.94. The third-order valence-electron chi connectivity index (χ3n) is 1.37. The molecule has 0 aromatic heterocycles. The van der Waals surface area contributed by atoms with Gasteiger partial charge in [-0.25, -0.2) is 0 Å². The SMILES string of the molecule is N#CC(O)c1cc(Cl)ccc1Br. The van der Waals surface area contributed by atoms with Crippen molar-refractivity contribution in [3.63, 3.8) is 0 Å². The molecule has 4 heteroatoms. The van der Waals surface area contributed by atoms with E-state index in [9.17, 15) is 5.11 Å². The van der Waals surface area contributed by atoms with Gasteiger partial charge in [0.2, 0.25) is 0 Å². The fourth-order valence-electron chi connectivity index (χ4n) is 0.794. The summed E-state index contributed by atoms with van der Waals surface area (Å²) in [5, 5.41) is 18.1. The number of hydrogen-bond donors (Lipinski definition) is 1. The first kappa shape index (κ1) is 9.53. The molecule has 0 aliphatic rings. The lowest BCUT2D eigenvalue weighted by molar-refractivity contribution is 0.235. The van der Waals surface area contributed by atoms with E-state index < -0.39 is 6.10 Å². The Morgan fingerprint density at radius 3 is 2.83 bits per heavy atom. The normalized spacial score (nSPS) is 12.2. The summed E-state index contributed by atoms with van der Waals surface area (Å²) in [4.78, 5) is 0. The van der Waals surface area contributed by atoms with E-state index >= 15 is 0 Å². The molecule has 1 rings (SSSR count). The van der Waals surface area contributed by atoms with Crippen LogP contribution < -0.4 is 0 Å². The summed E-state index contributed by atoms with van der Waals surface area (Å²) in [5.41, 5.74) is 0.491. The molecular formula is C8H5BrClNO. The Bertz CT molecular complexity index is 334. The van der Waals surface area contributed by atoms with Crippen LogP contribution in [0.15, 0.2) is 22.7 Å². The van der Waals surface area contributed by atoms with E-state index in [0.717, 1.165) is 0 Å². The molecule has 0 aliphatic heterocycles. The van der Waals surface area contributed by atoms with Crippen molar-refractivity contribution in [2.75, 3.05) is 0 Å². The number of nitrogens with zero attached hydrogens (tertiary/aromatic N) is 1. The molecular weight excluding hydrogens is 241 g/mol. The van der Waals surface area contributed by atoms with Gasteiger partial charge in [0.1, 0.15) is 0 Å². The number of halogens is 2. The van der Waals surface area contributed by atoms with Crippen molar-refractivity contribution in [2.24, 2.45) is 0 Å². The molecule has 0 spiro atoms. The average Bonchev–Trinajstić information content (AvgIpc) is 2.08. The van der Waals surface area contributed by atoms with Crippen molar-refractivity contribution in [3.05, 3.63) is 33.3 Å². The second-order valence-corrected chi connectivity index (χ2v) is 3.49. The van der Waals surface area contributed by atoms with E-state index in [1.165, 1.54) is 0 Å². The van der Waals surface area contributed by atoms with Gasteiger partial charge in [0, 0.05) is 15.1 Å². The van der Waals surface area contributed by atoms with Crippen LogP contribution in [0.2, 0.25) is 5.02 Å². The highest BCUT2D eigenvalue weighted by atomic mass is 79.9. The van der Waals surface area contributed by atoms with E-state index in [1.54, 1.807) is 24.3 Å². The minimum absolute atomic E-state index is 0.491. The van der Waals surface area contributed by atoms with E-state index in [-0.39, 0.29) is 0 Å². The van der Waals surface area contributed by atoms with Crippen LogP contribution in [0.3, 0.4) is 0 Å². The monoisotopic (exact) mass is 245 g/mol. The minimum Gasteiger partial charge on any atom is -0.374 e. The quantitative estimate of drug-likeness (QED) is 0.774. The van der Waals surface area contributed by atoms with E-state index in [4.69, 9.17) is 16.9 Å². The highest BCUT2D eigenvalue weighted by Crippen LogP contribution is 2.26. The molecule has 0 radical (unpaired) electrons. The molecule has 62 valence electrons. The van der Waals surface area contributed by atoms with Crippen LogP contribution >= 0.6 is 27.5 Å². The molecule has 1 atom stereocenters. The summed E-state index contributed by atoms with van der Waals surface area (Å²) in [6.45, 7) is 0. The Morgan fingerprint density at radius 1 is 1.58 bits per heavy atom. The predicted molar refractivity (Wildman–Crippen MR) is 49.7 cm³/mol. The number of benzene rings is 1. The summed E-state index contributed by atoms with van der Waals surface area (Å²) in [7, 11) is 0. The molecule has 1 N–H and O–H groups in total. The van der Waals surface area contributed by atoms with Crippen molar-refractivity contribution >= 4 is 27.5 Å². The number of nitriles is 1.